The van der Waals surface area contributed by atoms with Crippen molar-refractivity contribution in [3.8, 4) is 11.3 Å². The fourth-order valence-corrected chi connectivity index (χ4v) is 2.75. The average Bonchev–Trinajstić information content (AvgIpc) is 3.09. The molecule has 0 saturated carbocycles. The molecule has 0 atom stereocenters. The summed E-state index contributed by atoms with van der Waals surface area (Å²) in [5.41, 5.74) is 2.93. The second-order valence-corrected chi connectivity index (χ2v) is 6.33. The molecule has 25 heavy (non-hydrogen) atoms. The molecule has 0 fully saturated rings. The van der Waals surface area contributed by atoms with Crippen LogP contribution in [0.3, 0.4) is 0 Å². The molecule has 0 amide bonds. The predicted octanol–water partition coefficient (Wildman–Crippen LogP) is 3.40. The Balaban J connectivity index is 0.000000316. The number of nitrogens with zero attached hydrogens (tertiary/aromatic N) is 2. The molecule has 1 heterocycles. The Morgan fingerprint density at radius 3 is 2.32 bits per heavy atom. The summed E-state index contributed by atoms with van der Waals surface area (Å²) in [5.74, 6) is 0. The quantitative estimate of drug-likeness (QED) is 0.591. The summed E-state index contributed by atoms with van der Waals surface area (Å²) in [5, 5.41) is 12.1. The fourth-order valence-electron chi connectivity index (χ4n) is 2.20. The van der Waals surface area contributed by atoms with Gasteiger partial charge in [-0.1, -0.05) is 36.4 Å². The normalized spacial score (nSPS) is 10.0. The standard InChI is InChI=1S/C13H18N4OS.C6H6/c1-14-19-10-3-4-12(15-5-6-18)11(7-10)13-8-17(2)9-16-13;1-2-4-6-5-3-1/h3-4,7-9,14-15,18H,5-6H2,1-2H3;1-6H. The Labute approximate surface area is 153 Å². The molecule has 0 aliphatic heterocycles. The summed E-state index contributed by atoms with van der Waals surface area (Å²) in [4.78, 5) is 5.51. The number of anilines is 1. The van der Waals surface area contributed by atoms with Crippen LogP contribution < -0.4 is 10.0 Å². The predicted molar refractivity (Wildman–Crippen MR) is 106 cm³/mol. The molecule has 0 spiro atoms. The lowest BCUT2D eigenvalue weighted by Gasteiger charge is -2.11. The Bertz CT molecular complexity index is 719. The zero-order chi connectivity index (χ0) is 17.9. The molecule has 0 unspecified atom stereocenters. The highest BCUT2D eigenvalue weighted by Gasteiger charge is 2.09. The van der Waals surface area contributed by atoms with Gasteiger partial charge in [-0.05, 0) is 37.2 Å². The van der Waals surface area contributed by atoms with Crippen molar-refractivity contribution in [2.75, 3.05) is 25.5 Å². The van der Waals surface area contributed by atoms with Crippen molar-refractivity contribution >= 4 is 17.6 Å². The smallest absolute Gasteiger partial charge is 0.0951 e. The molecule has 0 aliphatic rings. The number of aryl methyl sites for hydroxylation is 1. The number of hydrogen-bond donors (Lipinski definition) is 3. The Morgan fingerprint density at radius 2 is 1.80 bits per heavy atom. The molecular weight excluding hydrogens is 332 g/mol. The third kappa shape index (κ3) is 6.26. The van der Waals surface area contributed by atoms with Gasteiger partial charge in [-0.25, -0.2) is 4.98 Å². The number of nitrogens with one attached hydrogen (secondary N) is 2. The van der Waals surface area contributed by atoms with E-state index in [1.807, 2.05) is 73.4 Å². The average molecular weight is 356 g/mol. The van der Waals surface area contributed by atoms with Crippen LogP contribution in [0.5, 0.6) is 0 Å². The molecule has 3 rings (SSSR count). The van der Waals surface area contributed by atoms with E-state index in [1.165, 1.54) is 0 Å². The maximum atomic E-state index is 8.94. The zero-order valence-corrected chi connectivity index (χ0v) is 15.3. The molecule has 0 saturated heterocycles. The van der Waals surface area contributed by atoms with Crippen LogP contribution in [0.15, 0.2) is 72.0 Å². The molecule has 0 aliphatic carbocycles. The van der Waals surface area contributed by atoms with E-state index in [9.17, 15) is 0 Å². The lowest BCUT2D eigenvalue weighted by molar-refractivity contribution is 0.311. The van der Waals surface area contributed by atoms with Crippen LogP contribution in [0.2, 0.25) is 0 Å². The molecular formula is C19H24N4OS. The minimum atomic E-state index is 0.106. The molecule has 3 N–H and O–H groups in total. The third-order valence-corrected chi connectivity index (χ3v) is 3.98. The van der Waals surface area contributed by atoms with Gasteiger partial charge in [0.1, 0.15) is 0 Å². The molecule has 0 radical (unpaired) electrons. The van der Waals surface area contributed by atoms with Crippen molar-refractivity contribution < 1.29 is 5.11 Å². The van der Waals surface area contributed by atoms with E-state index in [4.69, 9.17) is 5.11 Å². The minimum absolute atomic E-state index is 0.106. The number of benzene rings is 2. The second-order valence-electron chi connectivity index (χ2n) is 5.24. The summed E-state index contributed by atoms with van der Waals surface area (Å²) in [6.45, 7) is 0.632. The van der Waals surface area contributed by atoms with Gasteiger partial charge in [-0.3, -0.25) is 4.72 Å². The van der Waals surface area contributed by atoms with Crippen molar-refractivity contribution in [1.82, 2.24) is 14.3 Å². The van der Waals surface area contributed by atoms with Crippen molar-refractivity contribution in [1.29, 1.82) is 0 Å². The van der Waals surface area contributed by atoms with Crippen molar-refractivity contribution in [3.05, 3.63) is 67.1 Å². The van der Waals surface area contributed by atoms with Crippen LogP contribution in [0.4, 0.5) is 5.69 Å². The van der Waals surface area contributed by atoms with Gasteiger partial charge in [0.15, 0.2) is 0 Å². The number of rotatable bonds is 6. The first kappa shape index (κ1) is 19.1. The van der Waals surface area contributed by atoms with Gasteiger partial charge in [0, 0.05) is 35.9 Å². The summed E-state index contributed by atoms with van der Waals surface area (Å²) in [6, 6.07) is 18.1. The number of aliphatic hydroxyl groups excluding tert-OH is 1. The molecule has 6 heteroatoms. The van der Waals surface area contributed by atoms with E-state index in [0.717, 1.165) is 21.8 Å². The van der Waals surface area contributed by atoms with E-state index in [2.05, 4.69) is 21.1 Å². The van der Waals surface area contributed by atoms with E-state index >= 15 is 0 Å². The molecule has 3 aromatic rings. The fraction of sp³-hybridized carbons (Fsp3) is 0.211. The van der Waals surface area contributed by atoms with Crippen molar-refractivity contribution in [2.24, 2.45) is 7.05 Å². The van der Waals surface area contributed by atoms with Gasteiger partial charge < -0.3 is 15.0 Å². The highest BCUT2D eigenvalue weighted by atomic mass is 32.2. The summed E-state index contributed by atoms with van der Waals surface area (Å²) in [6.07, 6.45) is 3.76. The molecule has 0 bridgehead atoms. The molecule has 132 valence electrons. The van der Waals surface area contributed by atoms with Crippen LogP contribution in [0.1, 0.15) is 0 Å². The van der Waals surface area contributed by atoms with Crippen LogP contribution >= 0.6 is 11.9 Å². The first-order valence-corrected chi connectivity index (χ1v) is 8.87. The maximum absolute atomic E-state index is 8.94. The summed E-state index contributed by atoms with van der Waals surface area (Å²) in [7, 11) is 3.84. The van der Waals surface area contributed by atoms with Crippen LogP contribution in [-0.2, 0) is 7.05 Å². The molecule has 1 aromatic heterocycles. The number of aliphatic hydroxyl groups is 1. The largest absolute Gasteiger partial charge is 0.395 e. The maximum Gasteiger partial charge on any atom is 0.0951 e. The number of hydrogen-bond acceptors (Lipinski definition) is 5. The third-order valence-electron chi connectivity index (χ3n) is 3.29. The Morgan fingerprint density at radius 1 is 1.12 bits per heavy atom. The second kappa shape index (κ2) is 10.6. The first-order chi connectivity index (χ1) is 12.2. The number of imidazole rings is 1. The van der Waals surface area contributed by atoms with E-state index in [1.54, 1.807) is 18.3 Å². The van der Waals surface area contributed by atoms with Gasteiger partial charge in [-0.2, -0.15) is 0 Å². The van der Waals surface area contributed by atoms with E-state index in [0.29, 0.717) is 6.54 Å². The highest BCUT2D eigenvalue weighted by molar-refractivity contribution is 7.97. The van der Waals surface area contributed by atoms with E-state index < -0.39 is 0 Å². The lowest BCUT2D eigenvalue weighted by Crippen LogP contribution is -2.06. The summed E-state index contributed by atoms with van der Waals surface area (Å²) < 4.78 is 4.98. The van der Waals surface area contributed by atoms with Crippen LogP contribution in [-0.4, -0.2) is 34.9 Å². The monoisotopic (exact) mass is 356 g/mol. The highest BCUT2D eigenvalue weighted by Crippen LogP contribution is 2.30. The van der Waals surface area contributed by atoms with Crippen molar-refractivity contribution in [3.63, 3.8) is 0 Å². The molecule has 2 aromatic carbocycles. The van der Waals surface area contributed by atoms with Gasteiger partial charge in [-0.15, -0.1) is 0 Å². The SMILES string of the molecule is CNSc1ccc(NCCO)c(-c2cn(C)cn2)c1.c1ccccc1. The van der Waals surface area contributed by atoms with Crippen LogP contribution in [0.25, 0.3) is 11.3 Å². The first-order valence-electron chi connectivity index (χ1n) is 8.05. The van der Waals surface area contributed by atoms with Gasteiger partial charge in [0.2, 0.25) is 0 Å². The topological polar surface area (TPSA) is 62.1 Å². The number of aromatic nitrogens is 2. The zero-order valence-electron chi connectivity index (χ0n) is 14.5. The Kier molecular flexibility index (Phi) is 8.04. The lowest BCUT2D eigenvalue weighted by atomic mass is 10.1. The van der Waals surface area contributed by atoms with E-state index in [-0.39, 0.29) is 6.61 Å². The van der Waals surface area contributed by atoms with Gasteiger partial charge >= 0.3 is 0 Å². The van der Waals surface area contributed by atoms with Crippen molar-refractivity contribution in [2.45, 2.75) is 4.90 Å². The molecule has 5 nitrogen and oxygen atoms in total. The minimum Gasteiger partial charge on any atom is -0.395 e. The van der Waals surface area contributed by atoms with Crippen LogP contribution in [0, 0.1) is 0 Å². The summed E-state index contributed by atoms with van der Waals surface area (Å²) >= 11 is 1.56. The van der Waals surface area contributed by atoms with Gasteiger partial charge in [0.25, 0.3) is 0 Å². The van der Waals surface area contributed by atoms with Gasteiger partial charge in [0.05, 0.1) is 18.6 Å². The Hall–Kier alpha value is -2.28.